The third kappa shape index (κ3) is 2.78. The lowest BCUT2D eigenvalue weighted by Crippen LogP contribution is -2.58. The molecule has 104 valence electrons. The van der Waals surface area contributed by atoms with Gasteiger partial charge in [0.15, 0.2) is 0 Å². The van der Waals surface area contributed by atoms with Crippen molar-refractivity contribution >= 4 is 6.09 Å². The molecule has 2 aliphatic rings. The van der Waals surface area contributed by atoms with Crippen LogP contribution in [-0.4, -0.2) is 47.9 Å². The van der Waals surface area contributed by atoms with Gasteiger partial charge in [0.05, 0.1) is 6.54 Å². The molecule has 0 aromatic rings. The van der Waals surface area contributed by atoms with Crippen molar-refractivity contribution in [1.82, 2.24) is 4.90 Å². The average Bonchev–Trinajstić information content (AvgIpc) is 2.58. The van der Waals surface area contributed by atoms with Crippen LogP contribution >= 0.6 is 0 Å². The first kappa shape index (κ1) is 13.6. The van der Waals surface area contributed by atoms with Gasteiger partial charge in [0.25, 0.3) is 0 Å². The lowest BCUT2D eigenvalue weighted by molar-refractivity contribution is -0.0634. The third-order valence-corrected chi connectivity index (χ3v) is 3.63. The van der Waals surface area contributed by atoms with Crippen molar-refractivity contribution in [2.24, 2.45) is 5.73 Å². The van der Waals surface area contributed by atoms with Crippen LogP contribution in [0.1, 0.15) is 40.0 Å². The fourth-order valence-corrected chi connectivity index (χ4v) is 2.71. The Bertz CT molecular complexity index is 327. The van der Waals surface area contributed by atoms with Gasteiger partial charge in [-0.2, -0.15) is 0 Å². The topological polar surface area (TPSA) is 64.8 Å². The third-order valence-electron chi connectivity index (χ3n) is 3.63. The molecule has 2 heterocycles. The lowest BCUT2D eigenvalue weighted by atomic mass is 9.86. The first-order valence-electron chi connectivity index (χ1n) is 6.70. The van der Waals surface area contributed by atoms with Crippen LogP contribution in [0.5, 0.6) is 0 Å². The Morgan fingerprint density at radius 1 is 1.50 bits per heavy atom. The number of hydrogen-bond acceptors (Lipinski definition) is 4. The lowest BCUT2D eigenvalue weighted by Gasteiger charge is -2.42. The van der Waals surface area contributed by atoms with E-state index >= 15 is 0 Å². The largest absolute Gasteiger partial charge is 0.444 e. The predicted molar refractivity (Wildman–Crippen MR) is 68.3 cm³/mol. The van der Waals surface area contributed by atoms with E-state index in [0.717, 1.165) is 25.8 Å². The average molecular weight is 256 g/mol. The monoisotopic (exact) mass is 256 g/mol. The summed E-state index contributed by atoms with van der Waals surface area (Å²) in [6.45, 7) is 7.62. The number of piperidine rings is 1. The van der Waals surface area contributed by atoms with Crippen LogP contribution in [0.3, 0.4) is 0 Å². The Balaban J connectivity index is 2.01. The molecular weight excluding hydrogens is 232 g/mol. The Kier molecular flexibility index (Phi) is 3.56. The molecule has 1 spiro atoms. The molecule has 1 amide bonds. The molecule has 0 radical (unpaired) electrons. The van der Waals surface area contributed by atoms with Crippen LogP contribution in [0.4, 0.5) is 4.79 Å². The van der Waals surface area contributed by atoms with E-state index in [-0.39, 0.29) is 17.7 Å². The van der Waals surface area contributed by atoms with Crippen LogP contribution in [0, 0.1) is 0 Å². The van der Waals surface area contributed by atoms with Gasteiger partial charge in [-0.25, -0.2) is 4.79 Å². The number of likely N-dealkylation sites (tertiary alicyclic amines) is 1. The van der Waals surface area contributed by atoms with Gasteiger partial charge in [0, 0.05) is 19.2 Å². The second kappa shape index (κ2) is 4.70. The van der Waals surface area contributed by atoms with Gasteiger partial charge >= 0.3 is 6.09 Å². The summed E-state index contributed by atoms with van der Waals surface area (Å²) in [6.07, 6.45) is 2.48. The van der Waals surface area contributed by atoms with E-state index in [4.69, 9.17) is 15.2 Å². The van der Waals surface area contributed by atoms with Crippen molar-refractivity contribution in [3.63, 3.8) is 0 Å². The normalized spacial score (nSPS) is 32.9. The second-order valence-electron chi connectivity index (χ2n) is 6.31. The van der Waals surface area contributed by atoms with Gasteiger partial charge in [-0.1, -0.05) is 0 Å². The molecule has 0 bridgehead atoms. The molecular formula is C13H24N2O3. The summed E-state index contributed by atoms with van der Waals surface area (Å²) in [6, 6.07) is 0.0303. The minimum Gasteiger partial charge on any atom is -0.444 e. The minimum absolute atomic E-state index is 0.0303. The maximum atomic E-state index is 12.1. The maximum absolute atomic E-state index is 12.1. The van der Waals surface area contributed by atoms with Crippen molar-refractivity contribution in [3.8, 4) is 0 Å². The Morgan fingerprint density at radius 2 is 2.22 bits per heavy atom. The van der Waals surface area contributed by atoms with E-state index in [9.17, 15) is 4.79 Å². The smallest absolute Gasteiger partial charge is 0.410 e. The van der Waals surface area contributed by atoms with Crippen molar-refractivity contribution in [2.75, 3.05) is 19.7 Å². The number of hydrogen-bond donors (Lipinski definition) is 1. The minimum atomic E-state index is -0.458. The van der Waals surface area contributed by atoms with Crippen LogP contribution in [-0.2, 0) is 9.47 Å². The first-order chi connectivity index (χ1) is 8.32. The van der Waals surface area contributed by atoms with Crippen molar-refractivity contribution in [1.29, 1.82) is 0 Å². The highest BCUT2D eigenvalue weighted by atomic mass is 16.6. The quantitative estimate of drug-likeness (QED) is 0.713. The summed E-state index contributed by atoms with van der Waals surface area (Å²) >= 11 is 0. The molecule has 18 heavy (non-hydrogen) atoms. The van der Waals surface area contributed by atoms with Crippen LogP contribution in [0.15, 0.2) is 0 Å². The maximum Gasteiger partial charge on any atom is 0.410 e. The molecule has 2 atom stereocenters. The molecule has 0 aromatic heterocycles. The standard InChI is InChI=1S/C13H24N2O3/c1-12(2,3)18-11(16)15-7-4-6-13(9-15)10(14)5-8-17-13/h10H,4-9,14H2,1-3H3. The predicted octanol–water partition coefficient (Wildman–Crippen LogP) is 1.50. The number of nitrogens with zero attached hydrogens (tertiary/aromatic N) is 1. The summed E-state index contributed by atoms with van der Waals surface area (Å²) in [7, 11) is 0. The van der Waals surface area contributed by atoms with Crippen LogP contribution in [0.25, 0.3) is 0 Å². The fourth-order valence-electron chi connectivity index (χ4n) is 2.71. The van der Waals surface area contributed by atoms with E-state index in [1.807, 2.05) is 20.8 Å². The zero-order valence-electron chi connectivity index (χ0n) is 11.6. The zero-order valence-corrected chi connectivity index (χ0v) is 11.6. The van der Waals surface area contributed by atoms with Gasteiger partial charge in [-0.05, 0) is 40.0 Å². The van der Waals surface area contributed by atoms with Gasteiger partial charge in [0.2, 0.25) is 0 Å². The molecule has 0 saturated carbocycles. The van der Waals surface area contributed by atoms with Crippen molar-refractivity contribution in [2.45, 2.75) is 57.3 Å². The number of carbonyl (C=O) groups is 1. The highest BCUT2D eigenvalue weighted by Gasteiger charge is 2.46. The highest BCUT2D eigenvalue weighted by Crippen LogP contribution is 2.34. The van der Waals surface area contributed by atoms with E-state index < -0.39 is 5.60 Å². The van der Waals surface area contributed by atoms with E-state index in [1.165, 1.54) is 0 Å². The molecule has 2 saturated heterocycles. The SMILES string of the molecule is CC(C)(C)OC(=O)N1CCCC2(C1)OCCC2N. The molecule has 0 aromatic carbocycles. The summed E-state index contributed by atoms with van der Waals surface area (Å²) in [4.78, 5) is 13.8. The Hall–Kier alpha value is -0.810. The van der Waals surface area contributed by atoms with Crippen LogP contribution in [0.2, 0.25) is 0 Å². The first-order valence-corrected chi connectivity index (χ1v) is 6.70. The van der Waals surface area contributed by atoms with Gasteiger partial charge in [-0.3, -0.25) is 0 Å². The molecule has 2 N–H and O–H groups in total. The molecule has 2 unspecified atom stereocenters. The summed E-state index contributed by atoms with van der Waals surface area (Å²) in [5, 5.41) is 0. The molecule has 0 aliphatic carbocycles. The zero-order chi connectivity index (χ0) is 13.4. The summed E-state index contributed by atoms with van der Waals surface area (Å²) < 4.78 is 11.2. The molecule has 2 aliphatic heterocycles. The van der Waals surface area contributed by atoms with Gasteiger partial charge < -0.3 is 20.1 Å². The summed E-state index contributed by atoms with van der Waals surface area (Å²) in [5.41, 5.74) is 5.33. The molecule has 5 heteroatoms. The van der Waals surface area contributed by atoms with E-state index in [1.54, 1.807) is 4.90 Å². The number of nitrogens with two attached hydrogens (primary N) is 1. The highest BCUT2D eigenvalue weighted by molar-refractivity contribution is 5.68. The Morgan fingerprint density at radius 3 is 2.78 bits per heavy atom. The number of amides is 1. The van der Waals surface area contributed by atoms with Crippen LogP contribution < -0.4 is 5.73 Å². The fraction of sp³-hybridized carbons (Fsp3) is 0.923. The van der Waals surface area contributed by atoms with Crippen molar-refractivity contribution in [3.05, 3.63) is 0 Å². The van der Waals surface area contributed by atoms with Crippen molar-refractivity contribution < 1.29 is 14.3 Å². The summed E-state index contributed by atoms with van der Waals surface area (Å²) in [5.74, 6) is 0. The second-order valence-corrected chi connectivity index (χ2v) is 6.31. The molecule has 2 rings (SSSR count). The number of ether oxygens (including phenoxy) is 2. The van der Waals surface area contributed by atoms with E-state index in [2.05, 4.69) is 0 Å². The Labute approximate surface area is 109 Å². The van der Waals surface area contributed by atoms with Gasteiger partial charge in [-0.15, -0.1) is 0 Å². The van der Waals surface area contributed by atoms with Gasteiger partial charge in [0.1, 0.15) is 11.2 Å². The van der Waals surface area contributed by atoms with E-state index in [0.29, 0.717) is 13.2 Å². The molecule has 5 nitrogen and oxygen atoms in total. The number of rotatable bonds is 0. The molecule has 2 fully saturated rings. The number of carbonyl (C=O) groups excluding carboxylic acids is 1.